The van der Waals surface area contributed by atoms with Crippen LogP contribution in [0.3, 0.4) is 0 Å². The molecule has 1 aliphatic heterocycles. The lowest BCUT2D eigenvalue weighted by Crippen LogP contribution is -2.41. The van der Waals surface area contributed by atoms with Crippen LogP contribution in [0, 0.1) is 11.6 Å². The average Bonchev–Trinajstić information content (AvgIpc) is 2.83. The van der Waals surface area contributed by atoms with E-state index in [1.807, 2.05) is 6.92 Å². The topological polar surface area (TPSA) is 101 Å². The Balaban J connectivity index is 1.83. The van der Waals surface area contributed by atoms with Crippen molar-refractivity contribution in [2.24, 2.45) is 5.73 Å². The van der Waals surface area contributed by atoms with Gasteiger partial charge in [-0.3, -0.25) is 9.59 Å². The summed E-state index contributed by atoms with van der Waals surface area (Å²) < 4.78 is 56.5. The molecule has 194 valence electrons. The van der Waals surface area contributed by atoms with Gasteiger partial charge in [-0.25, -0.2) is 17.2 Å². The highest BCUT2D eigenvalue weighted by Crippen LogP contribution is 2.32. The van der Waals surface area contributed by atoms with E-state index in [0.717, 1.165) is 22.0 Å². The number of halogens is 3. The lowest BCUT2D eigenvalue weighted by atomic mass is 9.96. The van der Waals surface area contributed by atoms with E-state index in [4.69, 9.17) is 17.3 Å². The molecule has 3 aromatic carbocycles. The molecule has 1 aliphatic rings. The summed E-state index contributed by atoms with van der Waals surface area (Å²) in [5.41, 5.74) is 7.09. The van der Waals surface area contributed by atoms with Crippen LogP contribution in [-0.4, -0.2) is 42.5 Å². The second-order valence-electron chi connectivity index (χ2n) is 8.64. The Morgan fingerprint density at radius 1 is 1.08 bits per heavy atom. The SMILES string of the molecule is CCN1CCc2cc(CN(C(C(N)=O)c3cc(F)cc(F)c3)S(=O)(=O)c3ccc(Cl)cc3)ccc2C1=O. The molecule has 37 heavy (non-hydrogen) atoms. The summed E-state index contributed by atoms with van der Waals surface area (Å²) in [4.78, 5) is 26.8. The number of hydrogen-bond donors (Lipinski definition) is 1. The zero-order valence-corrected chi connectivity index (χ0v) is 21.4. The van der Waals surface area contributed by atoms with E-state index in [2.05, 4.69) is 0 Å². The molecule has 1 unspecified atom stereocenters. The number of rotatable bonds is 8. The number of nitrogens with zero attached hydrogens (tertiary/aromatic N) is 2. The fourth-order valence-electron chi connectivity index (χ4n) is 4.43. The van der Waals surface area contributed by atoms with Crippen LogP contribution in [0.1, 0.15) is 40.0 Å². The van der Waals surface area contributed by atoms with Gasteiger partial charge >= 0.3 is 0 Å². The van der Waals surface area contributed by atoms with E-state index in [9.17, 15) is 26.8 Å². The zero-order chi connectivity index (χ0) is 26.9. The van der Waals surface area contributed by atoms with E-state index < -0.39 is 33.6 Å². The largest absolute Gasteiger partial charge is 0.368 e. The van der Waals surface area contributed by atoms with Gasteiger partial charge in [-0.15, -0.1) is 0 Å². The Morgan fingerprint density at radius 3 is 2.32 bits per heavy atom. The maximum atomic E-state index is 14.1. The van der Waals surface area contributed by atoms with Crippen LogP contribution < -0.4 is 5.73 Å². The number of carbonyl (C=O) groups is 2. The van der Waals surface area contributed by atoms with Crippen LogP contribution in [0.2, 0.25) is 5.02 Å². The van der Waals surface area contributed by atoms with Crippen LogP contribution in [0.15, 0.2) is 65.6 Å². The summed E-state index contributed by atoms with van der Waals surface area (Å²) in [6.07, 6.45) is 0.570. The van der Waals surface area contributed by atoms with Crippen molar-refractivity contribution in [2.75, 3.05) is 13.1 Å². The molecule has 1 atom stereocenters. The molecular formula is C26H24ClF2N3O4S. The van der Waals surface area contributed by atoms with E-state index >= 15 is 0 Å². The van der Waals surface area contributed by atoms with Gasteiger partial charge in [0.2, 0.25) is 15.9 Å². The predicted molar refractivity (Wildman–Crippen MR) is 134 cm³/mol. The first-order valence-electron chi connectivity index (χ1n) is 11.4. The monoisotopic (exact) mass is 547 g/mol. The summed E-state index contributed by atoms with van der Waals surface area (Å²) in [6, 6.07) is 10.8. The Kier molecular flexibility index (Phi) is 7.63. The van der Waals surface area contributed by atoms with Crippen LogP contribution in [-0.2, 0) is 27.8 Å². The molecule has 11 heteroatoms. The van der Waals surface area contributed by atoms with Crippen LogP contribution in [0.5, 0.6) is 0 Å². The quantitative estimate of drug-likeness (QED) is 0.460. The lowest BCUT2D eigenvalue weighted by Gasteiger charge is -2.31. The molecule has 0 aliphatic carbocycles. The molecule has 2 N–H and O–H groups in total. The highest BCUT2D eigenvalue weighted by Gasteiger charge is 2.37. The number of nitrogens with two attached hydrogens (primary N) is 1. The van der Waals surface area contributed by atoms with Crippen LogP contribution in [0.4, 0.5) is 8.78 Å². The third-order valence-corrected chi connectivity index (χ3v) is 8.31. The van der Waals surface area contributed by atoms with E-state index in [1.165, 1.54) is 24.3 Å². The number of amides is 2. The summed E-state index contributed by atoms with van der Waals surface area (Å²) in [7, 11) is -4.43. The number of carbonyl (C=O) groups excluding carboxylic acids is 2. The molecule has 0 spiro atoms. The van der Waals surface area contributed by atoms with Crippen LogP contribution >= 0.6 is 11.6 Å². The minimum absolute atomic E-state index is 0.119. The molecule has 0 radical (unpaired) electrons. The normalized spacial score (nSPS) is 14.5. The lowest BCUT2D eigenvalue weighted by molar-refractivity contribution is -0.122. The Morgan fingerprint density at radius 2 is 1.73 bits per heavy atom. The number of hydrogen-bond acceptors (Lipinski definition) is 4. The van der Waals surface area contributed by atoms with Gasteiger partial charge in [0, 0.05) is 36.3 Å². The molecule has 2 amide bonds. The highest BCUT2D eigenvalue weighted by molar-refractivity contribution is 7.89. The van der Waals surface area contributed by atoms with Gasteiger partial charge < -0.3 is 10.6 Å². The van der Waals surface area contributed by atoms with Crippen molar-refractivity contribution in [1.29, 1.82) is 0 Å². The molecule has 3 aromatic rings. The summed E-state index contributed by atoms with van der Waals surface area (Å²) >= 11 is 5.92. The molecule has 0 aromatic heterocycles. The fourth-order valence-corrected chi connectivity index (χ4v) is 6.13. The van der Waals surface area contributed by atoms with E-state index in [-0.39, 0.29) is 22.9 Å². The second kappa shape index (κ2) is 10.6. The Bertz CT molecular complexity index is 1440. The van der Waals surface area contributed by atoms with Gasteiger partial charge in [0.15, 0.2) is 0 Å². The van der Waals surface area contributed by atoms with Crippen molar-refractivity contribution in [3.8, 4) is 0 Å². The van der Waals surface area contributed by atoms with E-state index in [1.54, 1.807) is 23.1 Å². The third kappa shape index (κ3) is 5.51. The van der Waals surface area contributed by atoms with Gasteiger partial charge in [-0.05, 0) is 72.5 Å². The van der Waals surface area contributed by atoms with E-state index in [0.29, 0.717) is 41.7 Å². The smallest absolute Gasteiger partial charge is 0.254 e. The Labute approximate surface area is 218 Å². The summed E-state index contributed by atoms with van der Waals surface area (Å²) in [5.74, 6) is -3.21. The average molecular weight is 548 g/mol. The molecule has 0 bridgehead atoms. The van der Waals surface area contributed by atoms with Gasteiger partial charge in [-0.2, -0.15) is 4.31 Å². The molecule has 0 fully saturated rings. The van der Waals surface area contributed by atoms with Crippen molar-refractivity contribution in [3.63, 3.8) is 0 Å². The summed E-state index contributed by atoms with van der Waals surface area (Å²) in [6.45, 7) is 2.62. The van der Waals surface area contributed by atoms with Crippen LogP contribution in [0.25, 0.3) is 0 Å². The van der Waals surface area contributed by atoms with Gasteiger partial charge in [0.05, 0.1) is 4.90 Å². The first-order valence-corrected chi connectivity index (χ1v) is 13.3. The van der Waals surface area contributed by atoms with Crippen molar-refractivity contribution in [1.82, 2.24) is 9.21 Å². The third-order valence-electron chi connectivity index (χ3n) is 6.24. The van der Waals surface area contributed by atoms with Crippen molar-refractivity contribution < 1.29 is 26.8 Å². The number of benzene rings is 3. The number of fused-ring (bicyclic) bond motifs is 1. The highest BCUT2D eigenvalue weighted by atomic mass is 35.5. The van der Waals surface area contributed by atoms with Gasteiger partial charge in [-0.1, -0.05) is 23.7 Å². The minimum atomic E-state index is -4.43. The molecule has 0 saturated carbocycles. The van der Waals surface area contributed by atoms with Crippen molar-refractivity contribution in [2.45, 2.75) is 30.8 Å². The molecule has 4 rings (SSSR count). The Hall–Kier alpha value is -3.34. The molecule has 1 heterocycles. The van der Waals surface area contributed by atoms with Crippen molar-refractivity contribution in [3.05, 3.63) is 99.6 Å². The first kappa shape index (κ1) is 26.7. The first-order chi connectivity index (χ1) is 17.5. The van der Waals surface area contributed by atoms with Gasteiger partial charge in [0.25, 0.3) is 5.91 Å². The van der Waals surface area contributed by atoms with Gasteiger partial charge in [0.1, 0.15) is 17.7 Å². The fraction of sp³-hybridized carbons (Fsp3) is 0.231. The maximum absolute atomic E-state index is 14.1. The predicted octanol–water partition coefficient (Wildman–Crippen LogP) is 4.05. The maximum Gasteiger partial charge on any atom is 0.254 e. The number of likely N-dealkylation sites (N-methyl/N-ethyl adjacent to an activating group) is 1. The number of primary amides is 1. The molecule has 7 nitrogen and oxygen atoms in total. The zero-order valence-electron chi connectivity index (χ0n) is 19.8. The molecule has 0 saturated heterocycles. The summed E-state index contributed by atoms with van der Waals surface area (Å²) in [5, 5.41) is 0.296. The van der Waals surface area contributed by atoms with Crippen molar-refractivity contribution >= 4 is 33.4 Å². The minimum Gasteiger partial charge on any atom is -0.368 e. The molecular weight excluding hydrogens is 524 g/mol. The standard InChI is InChI=1S/C26H24ClF2N3O4S/c1-2-31-10-9-17-11-16(3-8-23(17)26(31)34)15-32(37(35,36)22-6-4-19(27)5-7-22)24(25(30)33)18-12-20(28)14-21(29)13-18/h3-8,11-14,24H,2,9-10,15H2,1H3,(H2,30,33). The number of sulfonamides is 1. The second-order valence-corrected chi connectivity index (χ2v) is 11.0.